The molecule has 5 nitrogen and oxygen atoms in total. The average molecular weight is 286 g/mol. The first-order chi connectivity index (χ1) is 10.0. The summed E-state index contributed by atoms with van der Waals surface area (Å²) >= 11 is 0. The van der Waals surface area contributed by atoms with E-state index in [4.69, 9.17) is 10.4 Å². The monoisotopic (exact) mass is 286 g/mol. The molecule has 0 bridgehead atoms. The number of rotatable bonds is 7. The van der Waals surface area contributed by atoms with Crippen LogP contribution in [0.25, 0.3) is 6.08 Å². The molecule has 0 saturated heterocycles. The van der Waals surface area contributed by atoms with E-state index in [0.717, 1.165) is 5.56 Å². The Morgan fingerprint density at radius 1 is 1.38 bits per heavy atom. The van der Waals surface area contributed by atoms with E-state index in [-0.39, 0.29) is 5.91 Å². The zero-order chi connectivity index (χ0) is 15.7. The van der Waals surface area contributed by atoms with E-state index in [2.05, 4.69) is 5.32 Å². The van der Waals surface area contributed by atoms with Crippen molar-refractivity contribution in [1.29, 1.82) is 5.26 Å². The molecule has 0 aliphatic heterocycles. The number of nitrogens with zero attached hydrogens (tertiary/aromatic N) is 1. The maximum Gasteiger partial charge on any atom is 0.306 e. The third-order valence-electron chi connectivity index (χ3n) is 3.00. The van der Waals surface area contributed by atoms with Crippen molar-refractivity contribution in [1.82, 2.24) is 5.32 Å². The van der Waals surface area contributed by atoms with E-state index in [1.54, 1.807) is 37.3 Å². The second-order valence-corrected chi connectivity index (χ2v) is 4.74. The van der Waals surface area contributed by atoms with Crippen LogP contribution in [0.2, 0.25) is 0 Å². The summed E-state index contributed by atoms with van der Waals surface area (Å²) in [6.07, 6.45) is 4.25. The van der Waals surface area contributed by atoms with Gasteiger partial charge in [0.05, 0.1) is 17.6 Å². The number of carboxylic acids is 1. The highest BCUT2D eigenvalue weighted by Crippen LogP contribution is 2.06. The number of hydrogen-bond donors (Lipinski definition) is 2. The fourth-order valence-electron chi connectivity index (χ4n) is 1.64. The highest BCUT2D eigenvalue weighted by Gasteiger charge is 2.09. The first-order valence-corrected chi connectivity index (χ1v) is 6.72. The number of nitrogens with one attached hydrogen (secondary N) is 1. The van der Waals surface area contributed by atoms with Crippen molar-refractivity contribution in [2.75, 3.05) is 6.54 Å². The zero-order valence-electron chi connectivity index (χ0n) is 11.9. The van der Waals surface area contributed by atoms with E-state index >= 15 is 0 Å². The van der Waals surface area contributed by atoms with Gasteiger partial charge in [-0.05, 0) is 36.6 Å². The standard InChI is InChI=1S/C16H18N2O3/c1-12(16(20)21)3-2-10-18-15(19)9-8-13-4-6-14(11-17)7-5-13/h4-9,12H,2-3,10H2,1H3,(H,18,19)(H,20,21)/b9-8+. The lowest BCUT2D eigenvalue weighted by atomic mass is 10.1. The summed E-state index contributed by atoms with van der Waals surface area (Å²) < 4.78 is 0. The van der Waals surface area contributed by atoms with Gasteiger partial charge in [-0.3, -0.25) is 9.59 Å². The Kier molecular flexibility index (Phi) is 6.69. The van der Waals surface area contributed by atoms with Crippen LogP contribution in [0, 0.1) is 17.2 Å². The van der Waals surface area contributed by atoms with Gasteiger partial charge in [0.15, 0.2) is 0 Å². The van der Waals surface area contributed by atoms with Gasteiger partial charge in [-0.1, -0.05) is 19.1 Å². The van der Waals surface area contributed by atoms with Crippen molar-refractivity contribution in [2.24, 2.45) is 5.92 Å². The van der Waals surface area contributed by atoms with Crippen LogP contribution < -0.4 is 5.32 Å². The number of carboxylic acid groups (broad SMARTS) is 1. The lowest BCUT2D eigenvalue weighted by Gasteiger charge is -2.05. The molecule has 21 heavy (non-hydrogen) atoms. The molecule has 0 aromatic heterocycles. The second kappa shape index (κ2) is 8.54. The fraction of sp³-hybridized carbons (Fsp3) is 0.312. The van der Waals surface area contributed by atoms with Crippen molar-refractivity contribution >= 4 is 18.0 Å². The molecular weight excluding hydrogens is 268 g/mol. The van der Waals surface area contributed by atoms with Crippen LogP contribution in [-0.2, 0) is 9.59 Å². The molecule has 0 aliphatic carbocycles. The molecule has 0 spiro atoms. The zero-order valence-corrected chi connectivity index (χ0v) is 11.9. The molecule has 1 aromatic rings. The van der Waals surface area contributed by atoms with Gasteiger partial charge in [0.1, 0.15) is 0 Å². The molecule has 1 aromatic carbocycles. The van der Waals surface area contributed by atoms with E-state index in [9.17, 15) is 9.59 Å². The minimum absolute atomic E-state index is 0.220. The van der Waals surface area contributed by atoms with E-state index in [1.165, 1.54) is 6.08 Å². The van der Waals surface area contributed by atoms with E-state index in [1.807, 2.05) is 6.07 Å². The predicted octanol–water partition coefficient (Wildman–Crippen LogP) is 2.19. The summed E-state index contributed by atoms with van der Waals surface area (Å²) in [5.41, 5.74) is 1.41. The summed E-state index contributed by atoms with van der Waals surface area (Å²) in [5, 5.41) is 20.1. The number of nitriles is 1. The minimum atomic E-state index is -0.818. The fourth-order valence-corrected chi connectivity index (χ4v) is 1.64. The average Bonchev–Trinajstić information content (AvgIpc) is 2.49. The molecule has 110 valence electrons. The summed E-state index contributed by atoms with van der Waals surface area (Å²) in [5.74, 6) is -1.43. The first-order valence-electron chi connectivity index (χ1n) is 6.72. The number of amides is 1. The maximum absolute atomic E-state index is 11.6. The summed E-state index contributed by atoms with van der Waals surface area (Å²) in [7, 11) is 0. The molecule has 1 atom stereocenters. The van der Waals surface area contributed by atoms with Crippen molar-refractivity contribution in [3.63, 3.8) is 0 Å². The Morgan fingerprint density at radius 3 is 2.62 bits per heavy atom. The molecular formula is C16H18N2O3. The highest BCUT2D eigenvalue weighted by molar-refractivity contribution is 5.91. The van der Waals surface area contributed by atoms with Crippen molar-refractivity contribution < 1.29 is 14.7 Å². The van der Waals surface area contributed by atoms with Crippen LogP contribution in [-0.4, -0.2) is 23.5 Å². The smallest absolute Gasteiger partial charge is 0.306 e. The summed E-state index contributed by atoms with van der Waals surface area (Å²) in [4.78, 5) is 22.2. The Bertz CT molecular complexity index is 556. The van der Waals surface area contributed by atoms with Gasteiger partial charge < -0.3 is 10.4 Å². The van der Waals surface area contributed by atoms with Gasteiger partial charge in [0.25, 0.3) is 0 Å². The topological polar surface area (TPSA) is 90.2 Å². The molecule has 2 N–H and O–H groups in total. The Balaban J connectivity index is 2.31. The predicted molar refractivity (Wildman–Crippen MR) is 79.2 cm³/mol. The molecule has 0 aliphatic rings. The van der Waals surface area contributed by atoms with Crippen LogP contribution in [0.15, 0.2) is 30.3 Å². The number of benzene rings is 1. The Hall–Kier alpha value is -2.61. The normalized spacial score (nSPS) is 11.8. The number of carbonyl (C=O) groups excluding carboxylic acids is 1. The molecule has 0 radical (unpaired) electrons. The molecule has 0 saturated carbocycles. The van der Waals surface area contributed by atoms with Gasteiger partial charge in [0, 0.05) is 12.6 Å². The lowest BCUT2D eigenvalue weighted by molar-refractivity contribution is -0.141. The summed E-state index contributed by atoms with van der Waals surface area (Å²) in [6, 6.07) is 8.92. The second-order valence-electron chi connectivity index (χ2n) is 4.74. The molecule has 0 heterocycles. The van der Waals surface area contributed by atoms with Crippen LogP contribution in [0.4, 0.5) is 0 Å². The van der Waals surface area contributed by atoms with Crippen molar-refractivity contribution in [2.45, 2.75) is 19.8 Å². The number of carbonyl (C=O) groups is 2. The highest BCUT2D eigenvalue weighted by atomic mass is 16.4. The SMILES string of the molecule is CC(CCCNC(=O)/C=C/c1ccc(C#N)cc1)C(=O)O. The third kappa shape index (κ3) is 6.39. The van der Waals surface area contributed by atoms with Gasteiger partial charge in [-0.15, -0.1) is 0 Å². The molecule has 0 fully saturated rings. The van der Waals surface area contributed by atoms with Crippen LogP contribution in [0.5, 0.6) is 0 Å². The van der Waals surface area contributed by atoms with Gasteiger partial charge in [-0.25, -0.2) is 0 Å². The Labute approximate surface area is 123 Å². The Morgan fingerprint density at radius 2 is 2.05 bits per heavy atom. The van der Waals surface area contributed by atoms with Gasteiger partial charge in [0.2, 0.25) is 5.91 Å². The van der Waals surface area contributed by atoms with Crippen LogP contribution in [0.1, 0.15) is 30.9 Å². The quantitative estimate of drug-likeness (QED) is 0.594. The molecule has 1 amide bonds. The third-order valence-corrected chi connectivity index (χ3v) is 3.00. The number of hydrogen-bond acceptors (Lipinski definition) is 3. The van der Waals surface area contributed by atoms with Crippen LogP contribution >= 0.6 is 0 Å². The van der Waals surface area contributed by atoms with E-state index in [0.29, 0.717) is 24.9 Å². The number of aliphatic carboxylic acids is 1. The molecule has 1 unspecified atom stereocenters. The minimum Gasteiger partial charge on any atom is -0.481 e. The molecule has 1 rings (SSSR count). The van der Waals surface area contributed by atoms with Crippen LogP contribution in [0.3, 0.4) is 0 Å². The lowest BCUT2D eigenvalue weighted by Crippen LogP contribution is -2.23. The van der Waals surface area contributed by atoms with Crippen molar-refractivity contribution in [3.05, 3.63) is 41.5 Å². The summed E-state index contributed by atoms with van der Waals surface area (Å²) in [6.45, 7) is 2.10. The first kappa shape index (κ1) is 16.4. The maximum atomic E-state index is 11.6. The molecule has 5 heteroatoms. The largest absolute Gasteiger partial charge is 0.481 e. The van der Waals surface area contributed by atoms with Gasteiger partial charge >= 0.3 is 5.97 Å². The van der Waals surface area contributed by atoms with E-state index < -0.39 is 11.9 Å². The van der Waals surface area contributed by atoms with Gasteiger partial charge in [-0.2, -0.15) is 5.26 Å². The van der Waals surface area contributed by atoms with Crippen molar-refractivity contribution in [3.8, 4) is 6.07 Å².